The largest absolute Gasteiger partial charge is 0.495 e. The summed E-state index contributed by atoms with van der Waals surface area (Å²) in [5.74, 6) is -0.0233. The van der Waals surface area contributed by atoms with Crippen LogP contribution in [0.3, 0.4) is 0 Å². The molecule has 0 spiro atoms. The van der Waals surface area contributed by atoms with Crippen molar-refractivity contribution in [1.82, 2.24) is 15.5 Å². The molecule has 4 fully saturated rings. The molecule has 1 aliphatic carbocycles. The van der Waals surface area contributed by atoms with Gasteiger partial charge in [-0.05, 0) is 102 Å². The molecule has 63 heavy (non-hydrogen) atoms. The molecule has 4 aliphatic heterocycles. The van der Waals surface area contributed by atoms with Crippen LogP contribution in [0.15, 0.2) is 35.9 Å². The fourth-order valence-electron chi connectivity index (χ4n) is 10.0. The number of methoxy groups -OCH3 is 2. The number of hydrogen-bond acceptors (Lipinski definition) is 11. The highest BCUT2D eigenvalue weighted by molar-refractivity contribution is 6.35. The maximum atomic E-state index is 14.2. The first kappa shape index (κ1) is 48.8. The lowest BCUT2D eigenvalue weighted by atomic mass is 9.83. The number of aliphatic hydroxyl groups is 1. The summed E-state index contributed by atoms with van der Waals surface area (Å²) in [5.41, 5.74) is -0.660. The van der Waals surface area contributed by atoms with Gasteiger partial charge in [-0.3, -0.25) is 19.7 Å². The van der Waals surface area contributed by atoms with Gasteiger partial charge in [-0.2, -0.15) is 0 Å². The number of likely N-dealkylation sites (tertiary alicyclic amines) is 1. The summed E-state index contributed by atoms with van der Waals surface area (Å²) in [7, 11) is 4.61. The number of esters is 1. The quantitative estimate of drug-likeness (QED) is 0.0904. The number of carbonyl (C=O) groups excluding carboxylic acids is 4. The molecule has 350 valence electrons. The number of hydrogen-bond donors (Lipinski definition) is 3. The monoisotopic (exact) mass is 898 g/mol. The van der Waals surface area contributed by atoms with Crippen molar-refractivity contribution in [2.75, 3.05) is 45.8 Å². The normalized spacial score (nSPS) is 32.4. The predicted octanol–water partition coefficient (Wildman–Crippen LogP) is 7.03. The predicted molar refractivity (Wildman–Crippen MR) is 241 cm³/mol. The van der Waals surface area contributed by atoms with Gasteiger partial charge in [0.1, 0.15) is 34.7 Å². The van der Waals surface area contributed by atoms with Crippen LogP contribution in [0.2, 0.25) is 5.02 Å². The van der Waals surface area contributed by atoms with Crippen molar-refractivity contribution in [3.63, 3.8) is 0 Å². The summed E-state index contributed by atoms with van der Waals surface area (Å²) < 4.78 is 29.5. The van der Waals surface area contributed by atoms with E-state index in [1.54, 1.807) is 26.1 Å². The minimum Gasteiger partial charge on any atom is -0.495 e. The second-order valence-electron chi connectivity index (χ2n) is 18.9. The Hall–Kier alpha value is -3.69. The van der Waals surface area contributed by atoms with Crippen LogP contribution in [0.4, 0.5) is 10.5 Å². The third kappa shape index (κ3) is 12.2. The first-order valence-corrected chi connectivity index (χ1v) is 23.5. The molecule has 3 N–H and O–H groups in total. The number of nitrogens with zero attached hydrogens (tertiary/aromatic N) is 2. The van der Waals surface area contributed by atoms with Crippen molar-refractivity contribution in [3.05, 3.63) is 46.5 Å². The van der Waals surface area contributed by atoms with Crippen LogP contribution in [-0.2, 0) is 39.8 Å². The number of piperidine rings is 1. The molecule has 3 amide bonds. The number of allylic oxidation sites excluding steroid dienone is 3. The molecular weight excluding hydrogens is 828 g/mol. The number of alkyl carbamates (subject to hydrolysis) is 1. The van der Waals surface area contributed by atoms with Crippen LogP contribution in [0, 0.1) is 17.8 Å². The Labute approximate surface area is 378 Å². The molecule has 9 atom stereocenters. The van der Waals surface area contributed by atoms with Crippen molar-refractivity contribution in [2.24, 2.45) is 17.8 Å². The standard InChI is InChI=1S/C48H71ClN4O10/c1-30-15-14-18-39(60-7)48(58)29-38(61-46(57)51-48)32(3)44-47(4,63-44)40(28-41(54)52(5)36-26-33(25-30)27-37(59-6)43(36)49)62-42(55)19-12-9-13-22-53-23-20-34(21-24-53)45(56)50-35-17-11-8-10-16-31(35)2/h14-15,18,26-27,31-32,34-35,38-40,44,58H,8-13,16-17,19-25,28-29H2,1-7H3,(H,50,56)(H,51,57). The molecule has 3 saturated heterocycles. The van der Waals surface area contributed by atoms with Crippen molar-refractivity contribution in [2.45, 2.75) is 159 Å². The van der Waals surface area contributed by atoms with E-state index in [0.717, 1.165) is 62.9 Å². The van der Waals surface area contributed by atoms with E-state index in [1.165, 1.54) is 44.8 Å². The lowest BCUT2D eigenvalue weighted by molar-refractivity contribution is -0.154. The van der Waals surface area contributed by atoms with Crippen molar-refractivity contribution < 1.29 is 48.0 Å². The number of fused-ring (bicyclic) bond motifs is 5. The Morgan fingerprint density at radius 1 is 1.05 bits per heavy atom. The lowest BCUT2D eigenvalue weighted by Gasteiger charge is -2.42. The minimum atomic E-state index is -1.79. The van der Waals surface area contributed by atoms with Gasteiger partial charge in [0.2, 0.25) is 11.8 Å². The van der Waals surface area contributed by atoms with Gasteiger partial charge < -0.3 is 43.9 Å². The van der Waals surface area contributed by atoms with Crippen molar-refractivity contribution in [1.29, 1.82) is 0 Å². The summed E-state index contributed by atoms with van der Waals surface area (Å²) in [6.45, 7) is 10.6. The smallest absolute Gasteiger partial charge is 0.409 e. The van der Waals surface area contributed by atoms with Crippen molar-refractivity contribution >= 4 is 41.2 Å². The Bertz CT molecular complexity index is 1850. The number of epoxide rings is 1. The van der Waals surface area contributed by atoms with Crippen LogP contribution in [-0.4, -0.2) is 117 Å². The molecule has 4 bridgehead atoms. The summed E-state index contributed by atoms with van der Waals surface area (Å²) >= 11 is 6.82. The molecule has 6 rings (SSSR count). The van der Waals surface area contributed by atoms with E-state index in [1.807, 2.05) is 32.1 Å². The third-order valence-electron chi connectivity index (χ3n) is 14.2. The molecule has 0 radical (unpaired) electrons. The maximum Gasteiger partial charge on any atom is 0.409 e. The molecule has 4 heterocycles. The third-order valence-corrected chi connectivity index (χ3v) is 14.6. The Morgan fingerprint density at radius 2 is 1.79 bits per heavy atom. The van der Waals surface area contributed by atoms with E-state index >= 15 is 0 Å². The molecule has 1 saturated carbocycles. The average Bonchev–Trinajstić information content (AvgIpc) is 3.99. The highest BCUT2D eigenvalue weighted by Crippen LogP contribution is 2.49. The summed E-state index contributed by atoms with van der Waals surface area (Å²) in [4.78, 5) is 57.7. The Kier molecular flexibility index (Phi) is 16.7. The second-order valence-corrected chi connectivity index (χ2v) is 19.3. The van der Waals surface area contributed by atoms with Gasteiger partial charge in [-0.25, -0.2) is 4.79 Å². The Morgan fingerprint density at radius 3 is 2.52 bits per heavy atom. The number of unbranched alkanes of at least 4 members (excludes halogenated alkanes) is 2. The zero-order chi connectivity index (χ0) is 45.5. The number of benzene rings is 1. The molecule has 1 aromatic rings. The highest BCUT2D eigenvalue weighted by atomic mass is 35.5. The maximum absolute atomic E-state index is 14.2. The fourth-order valence-corrected chi connectivity index (χ4v) is 10.3. The molecule has 9 unspecified atom stereocenters. The SMILES string of the molecule is COc1cc2cc(c1Cl)N(C)C(=O)CC(OC(=O)CCCCCN1CCC(C(=O)NC3CCCCCC3C)CC1)C1(C)OC1C(C)C1CC(O)(NC(=O)O1)C(OC)C=CC=C(C)C2. The summed E-state index contributed by atoms with van der Waals surface area (Å²) in [6.07, 6.45) is 11.8. The topological polar surface area (TPSA) is 168 Å². The van der Waals surface area contributed by atoms with Gasteiger partial charge in [0.25, 0.3) is 0 Å². The Balaban J connectivity index is 1.10. The van der Waals surface area contributed by atoms with Crippen LogP contribution in [0.5, 0.6) is 5.75 Å². The average molecular weight is 900 g/mol. The van der Waals surface area contributed by atoms with Gasteiger partial charge in [-0.1, -0.05) is 74.9 Å². The van der Waals surface area contributed by atoms with Gasteiger partial charge in [0.15, 0.2) is 5.72 Å². The van der Waals surface area contributed by atoms with Crippen LogP contribution in [0.1, 0.15) is 117 Å². The van der Waals surface area contributed by atoms with E-state index in [2.05, 4.69) is 22.5 Å². The zero-order valence-electron chi connectivity index (χ0n) is 38.4. The summed E-state index contributed by atoms with van der Waals surface area (Å²) in [5, 5.41) is 18.0. The van der Waals surface area contributed by atoms with Gasteiger partial charge in [-0.15, -0.1) is 0 Å². The number of carbonyl (C=O) groups is 4. The molecule has 15 heteroatoms. The van der Waals surface area contributed by atoms with Gasteiger partial charge in [0.05, 0.1) is 25.3 Å². The first-order valence-electron chi connectivity index (χ1n) is 23.2. The van der Waals surface area contributed by atoms with E-state index in [-0.39, 0.29) is 42.0 Å². The summed E-state index contributed by atoms with van der Waals surface area (Å²) in [6, 6.07) is 3.96. The van der Waals surface area contributed by atoms with Gasteiger partial charge in [0, 0.05) is 44.9 Å². The number of anilines is 1. The zero-order valence-corrected chi connectivity index (χ0v) is 39.2. The van der Waals surface area contributed by atoms with Crippen LogP contribution >= 0.6 is 11.6 Å². The first-order chi connectivity index (χ1) is 30.0. The van der Waals surface area contributed by atoms with E-state index in [9.17, 15) is 24.3 Å². The number of nitrogens with one attached hydrogen (secondary N) is 2. The molecular formula is C48H71ClN4O10. The molecule has 0 aromatic heterocycles. The van der Waals surface area contributed by atoms with E-state index < -0.39 is 53.7 Å². The van der Waals surface area contributed by atoms with Crippen LogP contribution < -0.4 is 20.3 Å². The lowest BCUT2D eigenvalue weighted by Crippen LogP contribution is -2.63. The second kappa shape index (κ2) is 21.5. The van der Waals surface area contributed by atoms with Gasteiger partial charge >= 0.3 is 12.1 Å². The fraction of sp³-hybridized carbons (Fsp3) is 0.708. The minimum absolute atomic E-state index is 0.00918. The molecule has 5 aliphatic rings. The number of ether oxygens (including phenoxy) is 5. The number of amides is 3. The molecule has 14 nitrogen and oxygen atoms in total. The van der Waals surface area contributed by atoms with Crippen LogP contribution in [0.25, 0.3) is 0 Å². The van der Waals surface area contributed by atoms with E-state index in [4.69, 9.17) is 35.3 Å². The molecule has 1 aromatic carbocycles. The number of halogens is 1. The van der Waals surface area contributed by atoms with E-state index in [0.29, 0.717) is 36.2 Å². The van der Waals surface area contributed by atoms with Crippen molar-refractivity contribution in [3.8, 4) is 5.75 Å². The number of rotatable bonds is 11. The highest BCUT2D eigenvalue weighted by Gasteiger charge is 2.64.